The van der Waals surface area contributed by atoms with Gasteiger partial charge in [-0.25, -0.2) is 5.43 Å². The third-order valence-electron chi connectivity index (χ3n) is 5.43. The monoisotopic (exact) mass is 441 g/mol. The molecular formula is C24H51N5O2. The van der Waals surface area contributed by atoms with Crippen LogP contribution in [0.25, 0.3) is 0 Å². The molecule has 0 aromatic rings. The molecule has 0 saturated heterocycles. The minimum atomic E-state index is -0.135. The highest BCUT2D eigenvalue weighted by atomic mass is 16.2. The van der Waals surface area contributed by atoms with E-state index in [1.165, 1.54) is 56.4 Å². The van der Waals surface area contributed by atoms with Gasteiger partial charge in [0.1, 0.15) is 0 Å². The van der Waals surface area contributed by atoms with Gasteiger partial charge in [0.05, 0.1) is 0 Å². The molecule has 0 unspecified atom stereocenters. The zero-order valence-corrected chi connectivity index (χ0v) is 20.5. The van der Waals surface area contributed by atoms with E-state index in [4.69, 9.17) is 5.73 Å². The molecule has 5 N–H and O–H groups in total. The maximum atomic E-state index is 12.7. The highest BCUT2D eigenvalue weighted by Gasteiger charge is 2.20. The van der Waals surface area contributed by atoms with Gasteiger partial charge in [-0.05, 0) is 12.8 Å². The number of rotatable bonds is 23. The summed E-state index contributed by atoms with van der Waals surface area (Å²) in [4.78, 5) is 25.3. The number of amides is 2. The average molecular weight is 442 g/mol. The largest absolute Gasteiger partial charge is 0.329 e. The first kappa shape index (κ1) is 30.0. The quantitative estimate of drug-likeness (QED) is 0.140. The summed E-state index contributed by atoms with van der Waals surface area (Å²) < 4.78 is 0. The Morgan fingerprint density at radius 2 is 1.10 bits per heavy atom. The van der Waals surface area contributed by atoms with Gasteiger partial charge in [0.2, 0.25) is 11.8 Å². The molecule has 0 aliphatic rings. The number of hydrogen-bond donors (Lipinski definition) is 4. The standard InChI is InChI=1S/C24H51N5O2/c1-3-5-7-9-11-13-15-17-23(30)29(28-27-22-21-26-20-19-25)24(31)18-16-14-12-10-8-6-4-2/h26-28H,3-22,25H2,1-2H3. The third-order valence-corrected chi connectivity index (χ3v) is 5.43. The van der Waals surface area contributed by atoms with Crippen LogP contribution in [0.5, 0.6) is 0 Å². The van der Waals surface area contributed by atoms with Crippen LogP contribution < -0.4 is 22.0 Å². The van der Waals surface area contributed by atoms with Crippen LogP contribution >= 0.6 is 0 Å². The average Bonchev–Trinajstić information content (AvgIpc) is 2.77. The van der Waals surface area contributed by atoms with Crippen molar-refractivity contribution in [2.24, 2.45) is 5.73 Å². The zero-order chi connectivity index (χ0) is 23.0. The second-order valence-corrected chi connectivity index (χ2v) is 8.44. The third kappa shape index (κ3) is 19.4. The van der Waals surface area contributed by atoms with E-state index in [1.807, 2.05) is 0 Å². The normalized spacial score (nSPS) is 11.1. The summed E-state index contributed by atoms with van der Waals surface area (Å²) in [6, 6.07) is 0. The van der Waals surface area contributed by atoms with E-state index in [9.17, 15) is 9.59 Å². The molecule has 0 heterocycles. The highest BCUT2D eigenvalue weighted by molar-refractivity contribution is 5.94. The molecule has 0 atom stereocenters. The molecule has 7 nitrogen and oxygen atoms in total. The number of nitrogens with two attached hydrogens (primary N) is 1. The summed E-state index contributed by atoms with van der Waals surface area (Å²) >= 11 is 0. The first-order valence-corrected chi connectivity index (χ1v) is 12.9. The number of nitrogens with one attached hydrogen (secondary N) is 3. The van der Waals surface area contributed by atoms with Gasteiger partial charge >= 0.3 is 0 Å². The Morgan fingerprint density at radius 1 is 0.645 bits per heavy atom. The van der Waals surface area contributed by atoms with E-state index in [1.54, 1.807) is 0 Å². The molecule has 2 amide bonds. The van der Waals surface area contributed by atoms with E-state index >= 15 is 0 Å². The molecule has 0 aromatic carbocycles. The van der Waals surface area contributed by atoms with Crippen LogP contribution in [0.15, 0.2) is 0 Å². The fraction of sp³-hybridized carbons (Fsp3) is 0.917. The van der Waals surface area contributed by atoms with Crippen LogP contribution in [0.3, 0.4) is 0 Å². The lowest BCUT2D eigenvalue weighted by Gasteiger charge is -2.22. The topological polar surface area (TPSA) is 99.5 Å². The summed E-state index contributed by atoms with van der Waals surface area (Å²) in [7, 11) is 0. The van der Waals surface area contributed by atoms with Crippen molar-refractivity contribution in [2.45, 2.75) is 117 Å². The Kier molecular flexibility index (Phi) is 22.9. The van der Waals surface area contributed by atoms with E-state index < -0.39 is 0 Å². The molecule has 0 saturated carbocycles. The smallest absolute Gasteiger partial charge is 0.244 e. The van der Waals surface area contributed by atoms with Crippen LogP contribution in [0.4, 0.5) is 0 Å². The Morgan fingerprint density at radius 3 is 1.55 bits per heavy atom. The predicted molar refractivity (Wildman–Crippen MR) is 130 cm³/mol. The van der Waals surface area contributed by atoms with Crippen molar-refractivity contribution in [3.8, 4) is 0 Å². The fourth-order valence-electron chi connectivity index (χ4n) is 3.47. The van der Waals surface area contributed by atoms with Crippen molar-refractivity contribution in [1.29, 1.82) is 0 Å². The van der Waals surface area contributed by atoms with Crippen LogP contribution in [-0.4, -0.2) is 43.0 Å². The second-order valence-electron chi connectivity index (χ2n) is 8.44. The zero-order valence-electron chi connectivity index (χ0n) is 20.5. The van der Waals surface area contributed by atoms with E-state index in [0.717, 1.165) is 51.6 Å². The summed E-state index contributed by atoms with van der Waals surface area (Å²) in [5, 5.41) is 4.38. The van der Waals surface area contributed by atoms with Crippen molar-refractivity contribution in [1.82, 2.24) is 21.3 Å². The summed E-state index contributed by atoms with van der Waals surface area (Å²) in [5.41, 5.74) is 11.3. The Bertz CT molecular complexity index is 391. The minimum Gasteiger partial charge on any atom is -0.329 e. The van der Waals surface area contributed by atoms with Gasteiger partial charge in [0.15, 0.2) is 0 Å². The SMILES string of the molecule is CCCCCCCCCC(=O)N(NNCCNCCN)C(=O)CCCCCCCCC. The van der Waals surface area contributed by atoms with Crippen LogP contribution in [0, 0.1) is 0 Å². The fourth-order valence-corrected chi connectivity index (χ4v) is 3.47. The minimum absolute atomic E-state index is 0.135. The van der Waals surface area contributed by atoms with Crippen LogP contribution in [-0.2, 0) is 9.59 Å². The van der Waals surface area contributed by atoms with Gasteiger partial charge in [-0.15, -0.1) is 0 Å². The van der Waals surface area contributed by atoms with Crippen molar-refractivity contribution in [2.75, 3.05) is 26.2 Å². The van der Waals surface area contributed by atoms with Crippen molar-refractivity contribution < 1.29 is 9.59 Å². The lowest BCUT2D eigenvalue weighted by Crippen LogP contribution is -2.54. The van der Waals surface area contributed by atoms with Gasteiger partial charge in [-0.2, -0.15) is 10.5 Å². The maximum absolute atomic E-state index is 12.7. The Labute approximate surface area is 191 Å². The lowest BCUT2D eigenvalue weighted by molar-refractivity contribution is -0.150. The molecule has 31 heavy (non-hydrogen) atoms. The number of unbranched alkanes of at least 4 members (excludes halogenated alkanes) is 12. The molecule has 0 aliphatic carbocycles. The molecule has 0 fully saturated rings. The van der Waals surface area contributed by atoms with Gasteiger partial charge < -0.3 is 11.1 Å². The first-order valence-electron chi connectivity index (χ1n) is 12.9. The van der Waals surface area contributed by atoms with E-state index in [-0.39, 0.29) is 11.8 Å². The Balaban J connectivity index is 4.25. The van der Waals surface area contributed by atoms with Gasteiger partial charge in [-0.1, -0.05) is 90.9 Å². The molecule has 0 rings (SSSR count). The number of carbonyl (C=O) groups is 2. The molecule has 0 aromatic heterocycles. The number of nitrogens with zero attached hydrogens (tertiary/aromatic N) is 1. The molecule has 7 heteroatoms. The van der Waals surface area contributed by atoms with Crippen molar-refractivity contribution in [3.63, 3.8) is 0 Å². The number of imide groups is 1. The number of hydrogen-bond acceptors (Lipinski definition) is 6. The van der Waals surface area contributed by atoms with Crippen molar-refractivity contribution >= 4 is 11.8 Å². The first-order chi connectivity index (χ1) is 15.2. The maximum Gasteiger partial charge on any atom is 0.244 e. The molecule has 184 valence electrons. The summed E-state index contributed by atoms with van der Waals surface area (Å²) in [6.45, 7) is 7.09. The molecule has 0 radical (unpaired) electrons. The van der Waals surface area contributed by atoms with Crippen molar-refractivity contribution in [3.05, 3.63) is 0 Å². The number of hydrazine groups is 2. The molecule has 0 bridgehead atoms. The number of carbonyl (C=O) groups excluding carboxylic acids is 2. The lowest BCUT2D eigenvalue weighted by atomic mass is 10.1. The molecular weight excluding hydrogens is 390 g/mol. The molecule has 0 aliphatic heterocycles. The predicted octanol–water partition coefficient (Wildman–Crippen LogP) is 4.18. The second kappa shape index (κ2) is 23.6. The van der Waals surface area contributed by atoms with Crippen LogP contribution in [0.2, 0.25) is 0 Å². The van der Waals surface area contributed by atoms with Gasteiger partial charge in [-0.3, -0.25) is 9.59 Å². The summed E-state index contributed by atoms with van der Waals surface area (Å²) in [5.74, 6) is -0.271. The summed E-state index contributed by atoms with van der Waals surface area (Å²) in [6.07, 6.45) is 17.0. The highest BCUT2D eigenvalue weighted by Crippen LogP contribution is 2.11. The van der Waals surface area contributed by atoms with Crippen LogP contribution in [0.1, 0.15) is 117 Å². The van der Waals surface area contributed by atoms with E-state index in [2.05, 4.69) is 30.1 Å². The molecule has 0 spiro atoms. The van der Waals surface area contributed by atoms with E-state index in [0.29, 0.717) is 25.9 Å². The Hall–Kier alpha value is -1.02. The van der Waals surface area contributed by atoms with Gasteiger partial charge in [0.25, 0.3) is 0 Å². The van der Waals surface area contributed by atoms with Gasteiger partial charge in [0, 0.05) is 39.0 Å².